The Balaban J connectivity index is 1.55. The molecule has 180 valence electrons. The summed E-state index contributed by atoms with van der Waals surface area (Å²) in [5.41, 5.74) is 4.81. The predicted molar refractivity (Wildman–Crippen MR) is 142 cm³/mol. The highest BCUT2D eigenvalue weighted by molar-refractivity contribution is 6.10. The van der Waals surface area contributed by atoms with E-state index in [0.29, 0.717) is 23.1 Å². The van der Waals surface area contributed by atoms with Gasteiger partial charge in [0.15, 0.2) is 0 Å². The van der Waals surface area contributed by atoms with Crippen LogP contribution in [0.15, 0.2) is 101 Å². The van der Waals surface area contributed by atoms with E-state index in [2.05, 4.69) is 22.3 Å². The number of carboxylic acid groups (broad SMARTS) is 1. The molecular weight excluding hydrogens is 455 g/mol. The Morgan fingerprint density at radius 2 is 1.58 bits per heavy atom. The minimum atomic E-state index is -1.10. The van der Waals surface area contributed by atoms with Gasteiger partial charge in [0.05, 0.1) is 0 Å². The zero-order valence-corrected chi connectivity index (χ0v) is 19.7. The van der Waals surface area contributed by atoms with Gasteiger partial charge in [-0.05, 0) is 48.0 Å². The fourth-order valence-electron chi connectivity index (χ4n) is 4.33. The van der Waals surface area contributed by atoms with Crippen LogP contribution < -0.4 is 10.2 Å². The summed E-state index contributed by atoms with van der Waals surface area (Å²) in [5.74, 6) is -1.29. The molecule has 0 saturated carbocycles. The maximum Gasteiger partial charge on any atom is 0.340 e. The Bertz CT molecular complexity index is 1500. The second kappa shape index (κ2) is 9.96. The normalized spacial score (nSPS) is 10.9. The number of para-hydroxylation sites is 1. The van der Waals surface area contributed by atoms with Crippen molar-refractivity contribution in [2.75, 3.05) is 30.4 Å². The average molecular weight is 481 g/mol. The molecular formula is C30H25FN2O3. The molecule has 0 amide bonds. The number of likely N-dealkylation sites (N-methyl/N-ethyl adjacent to an activating group) is 1. The number of fused-ring (bicyclic) bond motifs is 1. The van der Waals surface area contributed by atoms with E-state index in [-0.39, 0.29) is 11.3 Å². The van der Waals surface area contributed by atoms with Gasteiger partial charge >= 0.3 is 5.97 Å². The summed E-state index contributed by atoms with van der Waals surface area (Å²) < 4.78 is 19.5. The van der Waals surface area contributed by atoms with Crippen LogP contribution in [0.2, 0.25) is 0 Å². The molecule has 5 rings (SSSR count). The van der Waals surface area contributed by atoms with E-state index in [9.17, 15) is 14.3 Å². The molecule has 0 fully saturated rings. The number of aromatic carboxylic acids is 1. The van der Waals surface area contributed by atoms with Gasteiger partial charge in [-0.25, -0.2) is 9.18 Å². The summed E-state index contributed by atoms with van der Waals surface area (Å²) in [6.45, 7) is 1.42. The number of furan rings is 1. The maximum atomic E-state index is 13.5. The lowest BCUT2D eigenvalue weighted by molar-refractivity contribution is 0.0699. The fraction of sp³-hybridized carbons (Fsp3) is 0.100. The van der Waals surface area contributed by atoms with Crippen molar-refractivity contribution in [3.05, 3.63) is 108 Å². The highest BCUT2D eigenvalue weighted by Gasteiger charge is 2.23. The molecule has 5 nitrogen and oxygen atoms in total. The summed E-state index contributed by atoms with van der Waals surface area (Å²) >= 11 is 0. The van der Waals surface area contributed by atoms with Crippen molar-refractivity contribution in [1.29, 1.82) is 0 Å². The quantitative estimate of drug-likeness (QED) is 0.247. The summed E-state index contributed by atoms with van der Waals surface area (Å²) in [6, 6.07) is 29.3. The van der Waals surface area contributed by atoms with Crippen molar-refractivity contribution in [2.24, 2.45) is 0 Å². The SMILES string of the molecule is CN(CCNc1cc2oc(-c3ccc(F)cc3)c(C(=O)O)c2cc1-c1ccccc1)c1ccccc1. The molecule has 0 bridgehead atoms. The van der Waals surface area contributed by atoms with Crippen molar-refractivity contribution < 1.29 is 18.7 Å². The number of hydrogen-bond acceptors (Lipinski definition) is 4. The first kappa shape index (κ1) is 23.2. The van der Waals surface area contributed by atoms with Crippen LogP contribution in [0.25, 0.3) is 33.4 Å². The molecule has 0 spiro atoms. The van der Waals surface area contributed by atoms with Crippen LogP contribution in [0.1, 0.15) is 10.4 Å². The lowest BCUT2D eigenvalue weighted by atomic mass is 9.99. The second-order valence-electron chi connectivity index (χ2n) is 8.56. The standard InChI is InChI=1S/C30H25FN2O3/c1-33(23-10-6-3-7-11-23)17-16-32-26-19-27-25(18-24(26)20-8-4-2-5-9-20)28(30(34)35)29(36-27)21-12-14-22(31)15-13-21/h2-15,18-19,32H,16-17H2,1H3,(H,34,35). The van der Waals surface area contributed by atoms with E-state index in [0.717, 1.165) is 29.0 Å². The minimum absolute atomic E-state index is 0.0594. The average Bonchev–Trinajstić information content (AvgIpc) is 3.28. The number of halogens is 1. The van der Waals surface area contributed by atoms with Gasteiger partial charge in [-0.1, -0.05) is 48.5 Å². The molecule has 1 aromatic heterocycles. The first-order chi connectivity index (χ1) is 17.5. The highest BCUT2D eigenvalue weighted by Crippen LogP contribution is 2.39. The van der Waals surface area contributed by atoms with Gasteiger partial charge in [-0.3, -0.25) is 0 Å². The number of nitrogens with zero attached hydrogens (tertiary/aromatic N) is 1. The fourth-order valence-corrected chi connectivity index (χ4v) is 4.33. The van der Waals surface area contributed by atoms with Crippen molar-refractivity contribution in [1.82, 2.24) is 0 Å². The van der Waals surface area contributed by atoms with Crippen LogP contribution in [0.4, 0.5) is 15.8 Å². The van der Waals surface area contributed by atoms with Gasteiger partial charge < -0.3 is 19.7 Å². The molecule has 0 saturated heterocycles. The number of benzene rings is 4. The van der Waals surface area contributed by atoms with Crippen molar-refractivity contribution >= 4 is 28.3 Å². The smallest absolute Gasteiger partial charge is 0.340 e. The first-order valence-corrected chi connectivity index (χ1v) is 11.7. The van der Waals surface area contributed by atoms with Crippen molar-refractivity contribution in [3.8, 4) is 22.5 Å². The number of rotatable bonds is 8. The molecule has 0 atom stereocenters. The van der Waals surface area contributed by atoms with E-state index in [1.807, 2.05) is 67.7 Å². The Morgan fingerprint density at radius 1 is 0.917 bits per heavy atom. The zero-order valence-electron chi connectivity index (χ0n) is 19.7. The Labute approximate surface area is 208 Å². The highest BCUT2D eigenvalue weighted by atomic mass is 19.1. The number of carbonyl (C=O) groups is 1. The summed E-state index contributed by atoms with van der Waals surface area (Å²) in [6.07, 6.45) is 0. The van der Waals surface area contributed by atoms with Crippen LogP contribution in [-0.2, 0) is 0 Å². The van der Waals surface area contributed by atoms with Gasteiger partial charge in [0.2, 0.25) is 0 Å². The van der Waals surface area contributed by atoms with Crippen LogP contribution in [0, 0.1) is 5.82 Å². The van der Waals surface area contributed by atoms with Gasteiger partial charge in [0.1, 0.15) is 22.7 Å². The molecule has 0 aliphatic heterocycles. The molecule has 4 aromatic carbocycles. The number of hydrogen-bond donors (Lipinski definition) is 2. The molecule has 1 heterocycles. The maximum absolute atomic E-state index is 13.5. The summed E-state index contributed by atoms with van der Waals surface area (Å²) in [4.78, 5) is 14.5. The second-order valence-corrected chi connectivity index (χ2v) is 8.56. The molecule has 0 aliphatic carbocycles. The van der Waals surface area contributed by atoms with E-state index in [4.69, 9.17) is 4.42 Å². The minimum Gasteiger partial charge on any atom is -0.478 e. The van der Waals surface area contributed by atoms with Crippen LogP contribution in [0.5, 0.6) is 0 Å². The third kappa shape index (κ3) is 4.66. The topological polar surface area (TPSA) is 65.7 Å². The number of anilines is 2. The summed E-state index contributed by atoms with van der Waals surface area (Å²) in [5, 5.41) is 14.1. The van der Waals surface area contributed by atoms with Crippen LogP contribution in [0.3, 0.4) is 0 Å². The number of nitrogens with one attached hydrogen (secondary N) is 1. The molecule has 36 heavy (non-hydrogen) atoms. The lowest BCUT2D eigenvalue weighted by Gasteiger charge is -2.20. The first-order valence-electron chi connectivity index (χ1n) is 11.7. The van der Waals surface area contributed by atoms with E-state index >= 15 is 0 Å². The Kier molecular flexibility index (Phi) is 6.41. The Morgan fingerprint density at radius 3 is 2.25 bits per heavy atom. The molecule has 0 unspecified atom stereocenters. The molecule has 0 aliphatic rings. The number of carboxylic acids is 1. The van der Waals surface area contributed by atoms with Crippen LogP contribution in [-0.4, -0.2) is 31.2 Å². The van der Waals surface area contributed by atoms with Crippen molar-refractivity contribution in [2.45, 2.75) is 0 Å². The van der Waals surface area contributed by atoms with Gasteiger partial charge in [-0.15, -0.1) is 0 Å². The zero-order chi connectivity index (χ0) is 25.1. The van der Waals surface area contributed by atoms with Gasteiger partial charge in [0.25, 0.3) is 0 Å². The third-order valence-electron chi connectivity index (χ3n) is 6.19. The molecule has 2 N–H and O–H groups in total. The Hall–Kier alpha value is -4.58. The summed E-state index contributed by atoms with van der Waals surface area (Å²) in [7, 11) is 2.04. The monoisotopic (exact) mass is 480 g/mol. The lowest BCUT2D eigenvalue weighted by Crippen LogP contribution is -2.24. The van der Waals surface area contributed by atoms with Gasteiger partial charge in [-0.2, -0.15) is 0 Å². The largest absolute Gasteiger partial charge is 0.478 e. The van der Waals surface area contributed by atoms with E-state index in [1.165, 1.54) is 24.3 Å². The van der Waals surface area contributed by atoms with E-state index in [1.54, 1.807) is 0 Å². The van der Waals surface area contributed by atoms with Gasteiger partial charge in [0, 0.05) is 54.1 Å². The molecule has 5 aromatic rings. The van der Waals surface area contributed by atoms with Crippen LogP contribution >= 0.6 is 0 Å². The van der Waals surface area contributed by atoms with Crippen molar-refractivity contribution in [3.63, 3.8) is 0 Å². The molecule has 6 heteroatoms. The predicted octanol–water partition coefficient (Wildman–Crippen LogP) is 7.15. The molecule has 0 radical (unpaired) electrons. The van der Waals surface area contributed by atoms with E-state index < -0.39 is 11.8 Å². The third-order valence-corrected chi connectivity index (χ3v) is 6.19.